The van der Waals surface area contributed by atoms with Crippen molar-refractivity contribution in [1.29, 1.82) is 0 Å². The van der Waals surface area contributed by atoms with Crippen LogP contribution >= 0.6 is 0 Å². The summed E-state index contributed by atoms with van der Waals surface area (Å²) in [6.45, 7) is 7.61. The molecule has 2 unspecified atom stereocenters. The van der Waals surface area contributed by atoms with Gasteiger partial charge in [-0.15, -0.1) is 0 Å². The third-order valence-electron chi connectivity index (χ3n) is 6.79. The first-order valence-corrected chi connectivity index (χ1v) is 12.6. The molecule has 2 aromatic heterocycles. The Morgan fingerprint density at radius 3 is 2.77 bits per heavy atom. The molecule has 0 aliphatic rings. The van der Waals surface area contributed by atoms with E-state index in [1.807, 2.05) is 31.3 Å². The fourth-order valence-corrected chi connectivity index (χ4v) is 4.77. The summed E-state index contributed by atoms with van der Waals surface area (Å²) in [4.78, 5) is 21.5. The van der Waals surface area contributed by atoms with Gasteiger partial charge in [-0.05, 0) is 68.5 Å². The number of fused-ring (bicyclic) bond motifs is 2. The van der Waals surface area contributed by atoms with E-state index in [0.717, 1.165) is 47.7 Å². The SMILES string of the molecule is CCCCC(CNC(=O)c1cc(-c2c[nH]c3ccc(C)cc23)nc2cc(F)ccc12)CC(C)CN. The van der Waals surface area contributed by atoms with Gasteiger partial charge in [0, 0.05) is 40.7 Å². The van der Waals surface area contributed by atoms with Gasteiger partial charge in [-0.2, -0.15) is 0 Å². The zero-order chi connectivity index (χ0) is 24.9. The summed E-state index contributed by atoms with van der Waals surface area (Å²) >= 11 is 0. The number of aromatic amines is 1. The predicted octanol–water partition coefficient (Wildman–Crippen LogP) is 6.35. The van der Waals surface area contributed by atoms with Crippen LogP contribution in [0.4, 0.5) is 4.39 Å². The number of unbranched alkanes of at least 4 members (excludes halogenated alkanes) is 1. The van der Waals surface area contributed by atoms with Crippen molar-refractivity contribution in [3.63, 3.8) is 0 Å². The average molecular weight is 475 g/mol. The Morgan fingerprint density at radius 2 is 2.00 bits per heavy atom. The minimum Gasteiger partial charge on any atom is -0.360 e. The fourth-order valence-electron chi connectivity index (χ4n) is 4.77. The molecule has 4 N–H and O–H groups in total. The van der Waals surface area contributed by atoms with Gasteiger partial charge in [-0.1, -0.05) is 38.3 Å². The highest BCUT2D eigenvalue weighted by Crippen LogP contribution is 2.31. The summed E-state index contributed by atoms with van der Waals surface area (Å²) in [7, 11) is 0. The number of aryl methyl sites for hydroxylation is 1. The summed E-state index contributed by atoms with van der Waals surface area (Å²) in [6.07, 6.45) is 6.19. The molecule has 0 saturated carbocycles. The van der Waals surface area contributed by atoms with Gasteiger partial charge in [0.05, 0.1) is 16.8 Å². The maximum atomic E-state index is 14.1. The lowest BCUT2D eigenvalue weighted by molar-refractivity contribution is 0.0945. The third-order valence-corrected chi connectivity index (χ3v) is 6.79. The summed E-state index contributed by atoms with van der Waals surface area (Å²) in [5.41, 5.74) is 10.5. The van der Waals surface area contributed by atoms with Gasteiger partial charge < -0.3 is 16.0 Å². The van der Waals surface area contributed by atoms with E-state index in [0.29, 0.717) is 47.1 Å². The largest absolute Gasteiger partial charge is 0.360 e. The zero-order valence-electron chi connectivity index (χ0n) is 20.8. The second-order valence-corrected chi connectivity index (χ2v) is 9.76. The van der Waals surface area contributed by atoms with Crippen molar-refractivity contribution in [2.45, 2.75) is 46.5 Å². The van der Waals surface area contributed by atoms with Crippen LogP contribution in [0.3, 0.4) is 0 Å². The Kier molecular flexibility index (Phi) is 7.81. The molecule has 0 saturated heterocycles. The van der Waals surface area contributed by atoms with Crippen molar-refractivity contribution in [2.24, 2.45) is 17.6 Å². The predicted molar refractivity (Wildman–Crippen MR) is 142 cm³/mol. The number of benzene rings is 2. The number of aromatic nitrogens is 2. The van der Waals surface area contributed by atoms with Gasteiger partial charge in [0.15, 0.2) is 0 Å². The van der Waals surface area contributed by atoms with Gasteiger partial charge >= 0.3 is 0 Å². The molecular weight excluding hydrogens is 439 g/mol. The molecule has 2 aromatic carbocycles. The smallest absolute Gasteiger partial charge is 0.252 e. The molecule has 4 rings (SSSR count). The number of H-pyrrole nitrogens is 1. The number of hydrogen-bond donors (Lipinski definition) is 3. The number of carbonyl (C=O) groups excluding carboxylic acids is 1. The van der Waals surface area contributed by atoms with E-state index in [9.17, 15) is 9.18 Å². The minimum absolute atomic E-state index is 0.164. The van der Waals surface area contributed by atoms with Crippen molar-refractivity contribution in [3.05, 3.63) is 65.6 Å². The minimum atomic E-state index is -0.376. The van der Waals surface area contributed by atoms with Crippen LogP contribution in [-0.2, 0) is 0 Å². The van der Waals surface area contributed by atoms with Crippen LogP contribution in [0.1, 0.15) is 55.5 Å². The number of carbonyl (C=O) groups is 1. The maximum absolute atomic E-state index is 14.1. The molecule has 2 heterocycles. The van der Waals surface area contributed by atoms with Crippen LogP contribution in [0.5, 0.6) is 0 Å². The first-order chi connectivity index (χ1) is 16.9. The van der Waals surface area contributed by atoms with E-state index in [4.69, 9.17) is 10.7 Å². The maximum Gasteiger partial charge on any atom is 0.252 e. The molecule has 35 heavy (non-hydrogen) atoms. The Labute approximate surface area is 206 Å². The highest BCUT2D eigenvalue weighted by Gasteiger charge is 2.19. The Balaban J connectivity index is 1.69. The lowest BCUT2D eigenvalue weighted by atomic mass is 9.91. The van der Waals surface area contributed by atoms with Crippen LogP contribution in [0.25, 0.3) is 33.1 Å². The number of hydrogen-bond acceptors (Lipinski definition) is 3. The number of amides is 1. The number of nitrogens with one attached hydrogen (secondary N) is 2. The van der Waals surface area contributed by atoms with Crippen LogP contribution < -0.4 is 11.1 Å². The van der Waals surface area contributed by atoms with Crippen molar-refractivity contribution in [1.82, 2.24) is 15.3 Å². The molecule has 0 spiro atoms. The number of pyridine rings is 1. The van der Waals surface area contributed by atoms with Crippen LogP contribution in [0.2, 0.25) is 0 Å². The molecule has 184 valence electrons. The van der Waals surface area contributed by atoms with Gasteiger partial charge in [0.25, 0.3) is 5.91 Å². The van der Waals surface area contributed by atoms with Crippen molar-refractivity contribution >= 4 is 27.7 Å². The van der Waals surface area contributed by atoms with E-state index in [-0.39, 0.29) is 11.7 Å². The summed E-state index contributed by atoms with van der Waals surface area (Å²) in [5, 5.41) is 4.82. The first-order valence-electron chi connectivity index (χ1n) is 12.6. The lowest BCUT2D eigenvalue weighted by Crippen LogP contribution is -2.31. The highest BCUT2D eigenvalue weighted by atomic mass is 19.1. The van der Waals surface area contributed by atoms with Gasteiger partial charge in [-0.25, -0.2) is 9.37 Å². The van der Waals surface area contributed by atoms with Crippen molar-refractivity contribution in [2.75, 3.05) is 13.1 Å². The normalized spacial score (nSPS) is 13.3. The van der Waals surface area contributed by atoms with Crippen LogP contribution in [0, 0.1) is 24.6 Å². The molecular formula is C29H35FN4O. The van der Waals surface area contributed by atoms with Crippen LogP contribution in [0.15, 0.2) is 48.7 Å². The summed E-state index contributed by atoms with van der Waals surface area (Å²) in [6, 6.07) is 12.4. The molecule has 0 fully saturated rings. The molecule has 0 aliphatic carbocycles. The van der Waals surface area contributed by atoms with Crippen molar-refractivity contribution < 1.29 is 9.18 Å². The Morgan fingerprint density at radius 1 is 1.17 bits per heavy atom. The standard InChI is InChI=1S/C29H35FN4O/c1-4-5-6-20(11-19(3)15-31)16-33-29(35)24-14-28(34-27-13-21(30)8-9-22(24)27)25-17-32-26-10-7-18(2)12-23(25)26/h7-10,12-14,17,19-20,32H,4-6,11,15-16,31H2,1-3H3,(H,33,35). The molecule has 0 aliphatic heterocycles. The van der Waals surface area contributed by atoms with E-state index >= 15 is 0 Å². The molecule has 0 bridgehead atoms. The number of halogens is 1. The molecule has 2 atom stereocenters. The summed E-state index contributed by atoms with van der Waals surface area (Å²) < 4.78 is 14.1. The molecule has 4 aromatic rings. The topological polar surface area (TPSA) is 83.8 Å². The average Bonchev–Trinajstić information content (AvgIpc) is 3.27. The van der Waals surface area contributed by atoms with E-state index in [1.165, 1.54) is 12.1 Å². The Hall–Kier alpha value is -3.25. The summed E-state index contributed by atoms with van der Waals surface area (Å²) in [5.74, 6) is 0.247. The van der Waals surface area contributed by atoms with Gasteiger partial charge in [-0.3, -0.25) is 4.79 Å². The zero-order valence-corrected chi connectivity index (χ0v) is 20.8. The number of rotatable bonds is 10. The second kappa shape index (κ2) is 11.0. The molecule has 0 radical (unpaired) electrons. The van der Waals surface area contributed by atoms with Gasteiger partial charge in [0.2, 0.25) is 0 Å². The van der Waals surface area contributed by atoms with Crippen LogP contribution in [-0.4, -0.2) is 29.0 Å². The second-order valence-electron chi connectivity index (χ2n) is 9.76. The Bertz CT molecular complexity index is 1330. The first kappa shape index (κ1) is 24.9. The highest BCUT2D eigenvalue weighted by molar-refractivity contribution is 6.08. The lowest BCUT2D eigenvalue weighted by Gasteiger charge is -2.21. The molecule has 5 nitrogen and oxygen atoms in total. The third kappa shape index (κ3) is 5.70. The molecule has 6 heteroatoms. The monoisotopic (exact) mass is 474 g/mol. The van der Waals surface area contributed by atoms with E-state index in [2.05, 4.69) is 30.2 Å². The van der Waals surface area contributed by atoms with Gasteiger partial charge in [0.1, 0.15) is 5.82 Å². The van der Waals surface area contributed by atoms with Crippen molar-refractivity contribution in [3.8, 4) is 11.3 Å². The number of nitrogens with two attached hydrogens (primary N) is 1. The number of nitrogens with zero attached hydrogens (tertiary/aromatic N) is 1. The van der Waals surface area contributed by atoms with E-state index < -0.39 is 0 Å². The van der Waals surface area contributed by atoms with E-state index in [1.54, 1.807) is 6.07 Å². The molecule has 1 amide bonds. The quantitative estimate of drug-likeness (QED) is 0.250. The fraction of sp³-hybridized carbons (Fsp3) is 0.379.